The van der Waals surface area contributed by atoms with Crippen molar-refractivity contribution in [1.82, 2.24) is 0 Å². The maximum Gasteiger partial charge on any atom is 0.123 e. The minimum atomic E-state index is -0.147. The molecule has 0 heterocycles. The van der Waals surface area contributed by atoms with Crippen molar-refractivity contribution >= 4 is 7.85 Å². The Labute approximate surface area is 61.5 Å². The van der Waals surface area contributed by atoms with Crippen LogP contribution < -0.4 is 0 Å². The summed E-state index contributed by atoms with van der Waals surface area (Å²) in [5.74, 6) is 0.266. The van der Waals surface area contributed by atoms with Gasteiger partial charge < -0.3 is 0 Å². The highest BCUT2D eigenvalue weighted by molar-refractivity contribution is 6.12. The second kappa shape index (κ2) is 2.87. The third-order valence-electron chi connectivity index (χ3n) is 1.52. The molecular formula is C8H10BF. The number of hydrogen-bond acceptors (Lipinski definition) is 0. The molecular weight excluding hydrogens is 126 g/mol. The van der Waals surface area contributed by atoms with Crippen LogP contribution in [0.1, 0.15) is 18.3 Å². The topological polar surface area (TPSA) is 0 Å². The average Bonchev–Trinajstić information content (AvgIpc) is 1.88. The molecule has 1 unspecified atom stereocenters. The lowest BCUT2D eigenvalue weighted by Gasteiger charge is -2.02. The van der Waals surface area contributed by atoms with Crippen molar-refractivity contribution in [3.63, 3.8) is 0 Å². The minimum Gasteiger partial charge on any atom is -0.207 e. The van der Waals surface area contributed by atoms with E-state index in [0.717, 1.165) is 5.56 Å². The Kier molecular flexibility index (Phi) is 2.10. The summed E-state index contributed by atoms with van der Waals surface area (Å²) in [7, 11) is 2.05. The van der Waals surface area contributed by atoms with Gasteiger partial charge in [-0.2, -0.15) is 0 Å². The highest BCUT2D eigenvalue weighted by atomic mass is 19.1. The molecule has 1 atom stereocenters. The van der Waals surface area contributed by atoms with Crippen LogP contribution in [-0.2, 0) is 0 Å². The zero-order valence-corrected chi connectivity index (χ0v) is 6.26. The fourth-order valence-corrected chi connectivity index (χ4v) is 0.866. The SMILES string of the molecule is BC(C)c1cccc(F)c1. The van der Waals surface area contributed by atoms with Crippen molar-refractivity contribution in [3.05, 3.63) is 35.6 Å². The Morgan fingerprint density at radius 2 is 2.20 bits per heavy atom. The minimum absolute atomic E-state index is 0.147. The molecule has 10 heavy (non-hydrogen) atoms. The fraction of sp³-hybridized carbons (Fsp3) is 0.250. The van der Waals surface area contributed by atoms with Gasteiger partial charge in [-0.15, -0.1) is 0 Å². The quantitative estimate of drug-likeness (QED) is 0.513. The van der Waals surface area contributed by atoms with Crippen LogP contribution in [-0.4, -0.2) is 7.85 Å². The molecule has 0 aliphatic carbocycles. The van der Waals surface area contributed by atoms with Gasteiger partial charge in [0.25, 0.3) is 0 Å². The van der Waals surface area contributed by atoms with Gasteiger partial charge in [-0.3, -0.25) is 0 Å². The summed E-state index contributed by atoms with van der Waals surface area (Å²) >= 11 is 0. The van der Waals surface area contributed by atoms with E-state index < -0.39 is 0 Å². The molecule has 0 aromatic heterocycles. The highest BCUT2D eigenvalue weighted by Gasteiger charge is 1.98. The summed E-state index contributed by atoms with van der Waals surface area (Å²) in [5, 5.41) is 0. The van der Waals surface area contributed by atoms with Crippen molar-refractivity contribution in [2.24, 2.45) is 0 Å². The molecule has 1 rings (SSSR count). The van der Waals surface area contributed by atoms with E-state index in [0.29, 0.717) is 5.82 Å². The summed E-state index contributed by atoms with van der Waals surface area (Å²) in [6.45, 7) is 2.05. The van der Waals surface area contributed by atoms with Crippen molar-refractivity contribution < 1.29 is 4.39 Å². The van der Waals surface area contributed by atoms with Gasteiger partial charge in [0.2, 0.25) is 0 Å². The molecule has 0 nitrogen and oxygen atoms in total. The van der Waals surface area contributed by atoms with E-state index in [1.807, 2.05) is 6.07 Å². The van der Waals surface area contributed by atoms with Gasteiger partial charge in [0, 0.05) is 0 Å². The Morgan fingerprint density at radius 1 is 1.50 bits per heavy atom. The lowest BCUT2D eigenvalue weighted by atomic mass is 9.83. The molecule has 0 radical (unpaired) electrons. The first-order valence-electron chi connectivity index (χ1n) is 3.45. The summed E-state index contributed by atoms with van der Waals surface area (Å²) in [6, 6.07) is 6.72. The summed E-state index contributed by atoms with van der Waals surface area (Å²) in [6.07, 6.45) is 0. The zero-order valence-electron chi connectivity index (χ0n) is 6.26. The van der Waals surface area contributed by atoms with Crippen molar-refractivity contribution in [2.45, 2.75) is 12.7 Å². The predicted molar refractivity (Wildman–Crippen MR) is 43.4 cm³/mol. The van der Waals surface area contributed by atoms with Gasteiger partial charge >= 0.3 is 0 Å². The van der Waals surface area contributed by atoms with Crippen LogP contribution in [0.2, 0.25) is 0 Å². The summed E-state index contributed by atoms with van der Waals surface area (Å²) < 4.78 is 12.5. The second-order valence-electron chi connectivity index (χ2n) is 2.71. The van der Waals surface area contributed by atoms with E-state index in [-0.39, 0.29) is 5.82 Å². The number of rotatable bonds is 1. The van der Waals surface area contributed by atoms with E-state index in [1.54, 1.807) is 12.1 Å². The van der Waals surface area contributed by atoms with Crippen LogP contribution in [0.3, 0.4) is 0 Å². The van der Waals surface area contributed by atoms with E-state index >= 15 is 0 Å². The van der Waals surface area contributed by atoms with E-state index in [4.69, 9.17) is 0 Å². The van der Waals surface area contributed by atoms with Crippen molar-refractivity contribution in [3.8, 4) is 0 Å². The number of halogens is 1. The largest absolute Gasteiger partial charge is 0.207 e. The summed E-state index contributed by atoms with van der Waals surface area (Å²) in [4.78, 5) is 0. The number of hydrogen-bond donors (Lipinski definition) is 0. The first kappa shape index (κ1) is 7.32. The molecule has 52 valence electrons. The smallest absolute Gasteiger partial charge is 0.123 e. The van der Waals surface area contributed by atoms with Gasteiger partial charge in [-0.1, -0.05) is 24.6 Å². The molecule has 1 aromatic carbocycles. The predicted octanol–water partition coefficient (Wildman–Crippen LogP) is 1.52. The maximum absolute atomic E-state index is 12.5. The Bertz CT molecular complexity index is 220. The molecule has 0 spiro atoms. The molecule has 0 saturated carbocycles. The molecule has 0 aliphatic heterocycles. The van der Waals surface area contributed by atoms with Gasteiger partial charge in [0.1, 0.15) is 13.7 Å². The molecule has 0 fully saturated rings. The molecule has 0 amide bonds. The third kappa shape index (κ3) is 1.60. The fourth-order valence-electron chi connectivity index (χ4n) is 0.866. The number of benzene rings is 1. The summed E-state index contributed by atoms with van der Waals surface area (Å²) in [5.41, 5.74) is 1.06. The normalized spacial score (nSPS) is 13.0. The van der Waals surface area contributed by atoms with Crippen molar-refractivity contribution in [2.75, 3.05) is 0 Å². The standard InChI is InChI=1S/C8H10BF/c1-6(9)7-3-2-4-8(10)5-7/h2-6H,9H2,1H3. The molecule has 2 heteroatoms. The van der Waals surface area contributed by atoms with E-state index in [9.17, 15) is 4.39 Å². The Morgan fingerprint density at radius 3 is 2.60 bits per heavy atom. The van der Waals surface area contributed by atoms with Crippen LogP contribution in [0.15, 0.2) is 24.3 Å². The lowest BCUT2D eigenvalue weighted by Crippen LogP contribution is -1.91. The van der Waals surface area contributed by atoms with Crippen LogP contribution in [0, 0.1) is 5.82 Å². The maximum atomic E-state index is 12.5. The van der Waals surface area contributed by atoms with Gasteiger partial charge in [-0.25, -0.2) is 4.39 Å². The zero-order chi connectivity index (χ0) is 7.56. The van der Waals surface area contributed by atoms with E-state index in [2.05, 4.69) is 14.8 Å². The lowest BCUT2D eigenvalue weighted by molar-refractivity contribution is 0.625. The van der Waals surface area contributed by atoms with Crippen LogP contribution in [0.25, 0.3) is 0 Å². The van der Waals surface area contributed by atoms with Gasteiger partial charge in [-0.05, 0) is 17.9 Å². The monoisotopic (exact) mass is 136 g/mol. The third-order valence-corrected chi connectivity index (χ3v) is 1.52. The molecule has 1 aromatic rings. The Hall–Kier alpha value is -0.785. The molecule has 0 N–H and O–H groups in total. The van der Waals surface area contributed by atoms with Crippen LogP contribution in [0.5, 0.6) is 0 Å². The van der Waals surface area contributed by atoms with Crippen LogP contribution in [0.4, 0.5) is 4.39 Å². The first-order valence-corrected chi connectivity index (χ1v) is 3.45. The average molecular weight is 136 g/mol. The molecule has 0 aliphatic rings. The second-order valence-corrected chi connectivity index (χ2v) is 2.71. The highest BCUT2D eigenvalue weighted by Crippen LogP contribution is 2.11. The first-order chi connectivity index (χ1) is 4.70. The van der Waals surface area contributed by atoms with Gasteiger partial charge in [0.15, 0.2) is 0 Å². The Balaban J connectivity index is 2.96. The van der Waals surface area contributed by atoms with Crippen LogP contribution >= 0.6 is 0 Å². The molecule has 0 saturated heterocycles. The molecule has 0 bridgehead atoms. The van der Waals surface area contributed by atoms with Crippen molar-refractivity contribution in [1.29, 1.82) is 0 Å². The van der Waals surface area contributed by atoms with Gasteiger partial charge in [0.05, 0.1) is 0 Å². The van der Waals surface area contributed by atoms with E-state index in [1.165, 1.54) is 6.07 Å².